The minimum atomic E-state index is -0.306. The van der Waals surface area contributed by atoms with E-state index in [1.54, 1.807) is 11.8 Å². The number of carbonyl (C=O) groups is 2. The highest BCUT2D eigenvalue weighted by molar-refractivity contribution is 7.19. The van der Waals surface area contributed by atoms with Crippen LogP contribution in [-0.2, 0) is 20.9 Å². The van der Waals surface area contributed by atoms with E-state index < -0.39 is 0 Å². The number of esters is 1. The number of hydrogen-bond donors (Lipinski definition) is 0. The summed E-state index contributed by atoms with van der Waals surface area (Å²) >= 11 is 1.48. The number of aromatic nitrogens is 2. The Hall–Kier alpha value is -3.00. The van der Waals surface area contributed by atoms with Gasteiger partial charge in [0.15, 0.2) is 0 Å². The molecule has 7 nitrogen and oxygen atoms in total. The number of amides is 1. The smallest absolute Gasteiger partial charge is 0.310 e. The number of likely N-dealkylation sites (tertiary alicyclic amines) is 1. The molecule has 0 spiro atoms. The lowest BCUT2D eigenvalue weighted by atomic mass is 9.98. The maximum Gasteiger partial charge on any atom is 0.310 e. The van der Waals surface area contributed by atoms with Gasteiger partial charge in [-0.2, -0.15) is 0 Å². The van der Waals surface area contributed by atoms with E-state index in [0.717, 1.165) is 22.4 Å². The lowest BCUT2D eigenvalue weighted by Crippen LogP contribution is -2.45. The van der Waals surface area contributed by atoms with E-state index in [-0.39, 0.29) is 29.9 Å². The number of piperidine rings is 1. The highest BCUT2D eigenvalue weighted by Gasteiger charge is 2.29. The topological polar surface area (TPSA) is 81.5 Å². The number of carbonyl (C=O) groups excluding carboxylic acids is 2. The molecule has 2 aromatic heterocycles. The highest BCUT2D eigenvalue weighted by Crippen LogP contribution is 2.35. The Labute approximate surface area is 184 Å². The molecule has 3 aromatic rings. The van der Waals surface area contributed by atoms with Gasteiger partial charge in [-0.3, -0.25) is 19.0 Å². The standard InChI is InChI=1S/C23H25N3O4S/c1-3-30-23(29)17-10-7-11-25(12-17)18(27)13-26-14-24-21-20(22(26)28)19(15(2)31-21)16-8-5-4-6-9-16/h4-6,8-9,14,17H,3,7,10-13H2,1-2H3. The predicted octanol–water partition coefficient (Wildman–Crippen LogP) is 3.24. The zero-order valence-corrected chi connectivity index (χ0v) is 18.5. The number of rotatable bonds is 5. The molecule has 0 radical (unpaired) electrons. The third-order valence-corrected chi connectivity index (χ3v) is 6.63. The van der Waals surface area contributed by atoms with E-state index in [0.29, 0.717) is 36.3 Å². The van der Waals surface area contributed by atoms with Crippen LogP contribution >= 0.6 is 11.3 Å². The van der Waals surface area contributed by atoms with E-state index in [4.69, 9.17) is 4.74 Å². The Kier molecular flexibility index (Phi) is 6.18. The molecule has 1 aliphatic heterocycles. The van der Waals surface area contributed by atoms with E-state index in [1.807, 2.05) is 37.3 Å². The van der Waals surface area contributed by atoms with Crippen LogP contribution in [0.15, 0.2) is 41.5 Å². The molecule has 1 amide bonds. The number of ether oxygens (including phenoxy) is 1. The van der Waals surface area contributed by atoms with Crippen LogP contribution in [-0.4, -0.2) is 46.0 Å². The predicted molar refractivity (Wildman–Crippen MR) is 120 cm³/mol. The lowest BCUT2D eigenvalue weighted by molar-refractivity contribution is -0.151. The minimum Gasteiger partial charge on any atom is -0.466 e. The van der Waals surface area contributed by atoms with Gasteiger partial charge in [-0.15, -0.1) is 11.3 Å². The van der Waals surface area contributed by atoms with Crippen LogP contribution in [0.2, 0.25) is 0 Å². The molecular weight excluding hydrogens is 414 g/mol. The summed E-state index contributed by atoms with van der Waals surface area (Å²) in [6.07, 6.45) is 2.90. The van der Waals surface area contributed by atoms with Gasteiger partial charge in [0.25, 0.3) is 5.56 Å². The Morgan fingerprint density at radius 3 is 2.77 bits per heavy atom. The maximum absolute atomic E-state index is 13.3. The second kappa shape index (κ2) is 9.01. The summed E-state index contributed by atoms with van der Waals surface area (Å²) in [5, 5.41) is 0.548. The first-order valence-corrected chi connectivity index (χ1v) is 11.3. The minimum absolute atomic E-state index is 0.0968. The van der Waals surface area contributed by atoms with Crippen molar-refractivity contribution < 1.29 is 14.3 Å². The number of hydrogen-bond acceptors (Lipinski definition) is 6. The normalized spacial score (nSPS) is 16.5. The fourth-order valence-corrected chi connectivity index (χ4v) is 5.11. The van der Waals surface area contributed by atoms with Crippen LogP contribution in [0.1, 0.15) is 24.6 Å². The molecule has 3 heterocycles. The van der Waals surface area contributed by atoms with Crippen LogP contribution in [0.4, 0.5) is 0 Å². The Bertz CT molecular complexity index is 1170. The van der Waals surface area contributed by atoms with Gasteiger partial charge in [-0.05, 0) is 32.3 Å². The molecule has 1 aromatic carbocycles. The van der Waals surface area contributed by atoms with E-state index >= 15 is 0 Å². The molecule has 1 fully saturated rings. The molecular formula is C23H25N3O4S. The Balaban J connectivity index is 1.61. The average Bonchev–Trinajstić information content (AvgIpc) is 3.13. The van der Waals surface area contributed by atoms with Crippen LogP contribution in [0.5, 0.6) is 0 Å². The zero-order chi connectivity index (χ0) is 22.0. The number of aryl methyl sites for hydroxylation is 1. The number of fused-ring (bicyclic) bond motifs is 1. The summed E-state index contributed by atoms with van der Waals surface area (Å²) in [5.41, 5.74) is 1.61. The monoisotopic (exact) mass is 439 g/mol. The van der Waals surface area contributed by atoms with Crippen LogP contribution < -0.4 is 5.56 Å². The molecule has 1 aliphatic rings. The Morgan fingerprint density at radius 1 is 1.26 bits per heavy atom. The number of nitrogens with zero attached hydrogens (tertiary/aromatic N) is 3. The van der Waals surface area contributed by atoms with Crippen molar-refractivity contribution in [1.29, 1.82) is 0 Å². The first kappa shape index (κ1) is 21.2. The van der Waals surface area contributed by atoms with E-state index in [1.165, 1.54) is 22.2 Å². The first-order valence-electron chi connectivity index (χ1n) is 10.5. The fraction of sp³-hybridized carbons (Fsp3) is 0.391. The van der Waals surface area contributed by atoms with Gasteiger partial charge in [0.05, 0.1) is 24.2 Å². The van der Waals surface area contributed by atoms with Crippen molar-refractivity contribution in [3.8, 4) is 11.1 Å². The summed E-state index contributed by atoms with van der Waals surface area (Å²) in [6, 6.07) is 9.75. The summed E-state index contributed by atoms with van der Waals surface area (Å²) in [7, 11) is 0. The van der Waals surface area contributed by atoms with E-state index in [9.17, 15) is 14.4 Å². The molecule has 0 aliphatic carbocycles. The molecule has 1 saturated heterocycles. The molecule has 162 valence electrons. The van der Waals surface area contributed by atoms with Crippen molar-refractivity contribution in [3.63, 3.8) is 0 Å². The third kappa shape index (κ3) is 4.25. The van der Waals surface area contributed by atoms with Crippen LogP contribution in [0.25, 0.3) is 21.3 Å². The van der Waals surface area contributed by atoms with Gasteiger partial charge in [0, 0.05) is 23.5 Å². The van der Waals surface area contributed by atoms with Crippen molar-refractivity contribution in [1.82, 2.24) is 14.5 Å². The molecule has 1 unspecified atom stereocenters. The summed E-state index contributed by atoms with van der Waals surface area (Å²) in [5.74, 6) is -0.758. The fourth-order valence-electron chi connectivity index (χ4n) is 4.10. The van der Waals surface area contributed by atoms with Gasteiger partial charge in [0.1, 0.15) is 11.4 Å². The van der Waals surface area contributed by atoms with Crippen LogP contribution in [0, 0.1) is 12.8 Å². The van der Waals surface area contributed by atoms with Crippen LogP contribution in [0.3, 0.4) is 0 Å². The first-order chi connectivity index (χ1) is 15.0. The van der Waals surface area contributed by atoms with Crippen molar-refractivity contribution in [2.75, 3.05) is 19.7 Å². The van der Waals surface area contributed by atoms with Crippen molar-refractivity contribution in [2.24, 2.45) is 5.92 Å². The van der Waals surface area contributed by atoms with Gasteiger partial charge >= 0.3 is 5.97 Å². The summed E-state index contributed by atoms with van der Waals surface area (Å²) in [6.45, 7) is 4.89. The second-order valence-electron chi connectivity index (χ2n) is 7.69. The molecule has 0 N–H and O–H groups in total. The van der Waals surface area contributed by atoms with Crippen molar-refractivity contribution >= 4 is 33.4 Å². The van der Waals surface area contributed by atoms with Gasteiger partial charge in [0.2, 0.25) is 5.91 Å². The summed E-state index contributed by atoms with van der Waals surface area (Å²) < 4.78 is 6.48. The largest absolute Gasteiger partial charge is 0.466 e. The van der Waals surface area contributed by atoms with Gasteiger partial charge < -0.3 is 9.64 Å². The van der Waals surface area contributed by atoms with Gasteiger partial charge in [-0.25, -0.2) is 4.98 Å². The molecule has 0 bridgehead atoms. The molecule has 31 heavy (non-hydrogen) atoms. The van der Waals surface area contributed by atoms with Crippen molar-refractivity contribution in [2.45, 2.75) is 33.2 Å². The molecule has 1 atom stereocenters. The zero-order valence-electron chi connectivity index (χ0n) is 17.7. The quantitative estimate of drug-likeness (QED) is 0.570. The molecule has 8 heteroatoms. The SMILES string of the molecule is CCOC(=O)C1CCCN(C(=O)Cn2cnc3sc(C)c(-c4ccccc4)c3c2=O)C1. The third-order valence-electron chi connectivity index (χ3n) is 5.62. The number of benzene rings is 1. The maximum atomic E-state index is 13.3. The second-order valence-corrected chi connectivity index (χ2v) is 8.89. The Morgan fingerprint density at radius 2 is 2.03 bits per heavy atom. The molecule has 4 rings (SSSR count). The summed E-state index contributed by atoms with van der Waals surface area (Å²) in [4.78, 5) is 46.1. The molecule has 0 saturated carbocycles. The van der Waals surface area contributed by atoms with Crippen molar-refractivity contribution in [3.05, 3.63) is 51.9 Å². The average molecular weight is 440 g/mol. The van der Waals surface area contributed by atoms with E-state index in [2.05, 4.69) is 4.98 Å². The highest BCUT2D eigenvalue weighted by atomic mass is 32.1. The number of thiophene rings is 1. The lowest BCUT2D eigenvalue weighted by Gasteiger charge is -2.31. The van der Waals surface area contributed by atoms with Gasteiger partial charge in [-0.1, -0.05) is 30.3 Å².